The second-order valence-electron chi connectivity index (χ2n) is 2.29. The normalized spacial score (nSPS) is 11.9. The quantitative estimate of drug-likeness (QED) is 0.505. The minimum atomic E-state index is -0.928. The predicted octanol–water partition coefficient (Wildman–Crippen LogP) is -1.62. The van der Waals surface area contributed by atoms with E-state index < -0.39 is 18.0 Å². The maximum absolute atomic E-state index is 11.0. The van der Waals surface area contributed by atoms with E-state index >= 15 is 0 Å². The molecule has 0 aromatic heterocycles. The molecule has 0 bridgehead atoms. The Labute approximate surface area is 76.2 Å². The first-order chi connectivity index (χ1) is 6.11. The van der Waals surface area contributed by atoms with Gasteiger partial charge in [-0.15, -0.1) is 0 Å². The minimum absolute atomic E-state index is 0.114. The molecule has 4 N–H and O–H groups in total. The van der Waals surface area contributed by atoms with Crippen molar-refractivity contribution in [1.82, 2.24) is 0 Å². The largest absolute Gasteiger partial charge is 0.462 e. The van der Waals surface area contributed by atoms with Crippen molar-refractivity contribution < 1.29 is 19.1 Å². The van der Waals surface area contributed by atoms with Gasteiger partial charge in [0.05, 0.1) is 6.54 Å². The molecule has 0 aliphatic carbocycles. The van der Waals surface area contributed by atoms with Crippen LogP contribution in [0.4, 0.5) is 0 Å². The van der Waals surface area contributed by atoms with Gasteiger partial charge >= 0.3 is 11.9 Å². The Morgan fingerprint density at radius 2 is 2.00 bits per heavy atom. The fourth-order valence-corrected chi connectivity index (χ4v) is 0.570. The van der Waals surface area contributed by atoms with Crippen LogP contribution in [0.1, 0.15) is 6.92 Å². The number of hydrogen-bond donors (Lipinski definition) is 2. The van der Waals surface area contributed by atoms with E-state index in [1.807, 2.05) is 0 Å². The highest BCUT2D eigenvalue weighted by Gasteiger charge is 2.17. The molecule has 13 heavy (non-hydrogen) atoms. The summed E-state index contributed by atoms with van der Waals surface area (Å²) in [5.74, 6) is -1.26. The lowest BCUT2D eigenvalue weighted by Crippen LogP contribution is -2.30. The summed E-state index contributed by atoms with van der Waals surface area (Å²) in [5.41, 5.74) is 10.1. The van der Waals surface area contributed by atoms with Gasteiger partial charge in [0.25, 0.3) is 0 Å². The number of nitrogens with two attached hydrogens (primary N) is 2. The third kappa shape index (κ3) is 5.15. The number of esters is 2. The van der Waals surface area contributed by atoms with Crippen LogP contribution in [0.3, 0.4) is 0 Å². The summed E-state index contributed by atoms with van der Waals surface area (Å²) in [4.78, 5) is 21.6. The van der Waals surface area contributed by atoms with Gasteiger partial charge < -0.3 is 20.9 Å². The summed E-state index contributed by atoms with van der Waals surface area (Å²) in [6, 6.07) is 0. The van der Waals surface area contributed by atoms with Crippen LogP contribution < -0.4 is 11.5 Å². The minimum Gasteiger partial charge on any atom is -0.462 e. The third-order valence-corrected chi connectivity index (χ3v) is 1.17. The molecule has 1 atom stereocenters. The van der Waals surface area contributed by atoms with E-state index in [4.69, 9.17) is 11.5 Å². The Kier molecular flexibility index (Phi) is 5.82. The van der Waals surface area contributed by atoms with E-state index in [1.165, 1.54) is 6.92 Å². The van der Waals surface area contributed by atoms with Gasteiger partial charge in [-0.1, -0.05) is 0 Å². The first-order valence-corrected chi connectivity index (χ1v) is 3.88. The Morgan fingerprint density at radius 3 is 2.46 bits per heavy atom. The lowest BCUT2D eigenvalue weighted by atomic mass is 10.4. The van der Waals surface area contributed by atoms with Crippen molar-refractivity contribution in [1.29, 1.82) is 0 Å². The van der Waals surface area contributed by atoms with Gasteiger partial charge in [-0.25, -0.2) is 4.79 Å². The predicted molar refractivity (Wildman–Crippen MR) is 44.6 cm³/mol. The molecule has 0 heterocycles. The molecule has 76 valence electrons. The summed E-state index contributed by atoms with van der Waals surface area (Å²) < 4.78 is 9.20. The van der Waals surface area contributed by atoms with Crippen molar-refractivity contribution in [3.8, 4) is 0 Å². The lowest BCUT2D eigenvalue weighted by Gasteiger charge is -2.11. The zero-order valence-corrected chi connectivity index (χ0v) is 7.49. The monoisotopic (exact) mass is 190 g/mol. The van der Waals surface area contributed by atoms with Crippen molar-refractivity contribution in [3.63, 3.8) is 0 Å². The van der Waals surface area contributed by atoms with E-state index in [0.717, 1.165) is 0 Å². The van der Waals surface area contributed by atoms with Crippen LogP contribution in [0.5, 0.6) is 0 Å². The van der Waals surface area contributed by atoms with Gasteiger partial charge in [0.2, 0.25) is 0 Å². The number of ether oxygens (including phenoxy) is 2. The van der Waals surface area contributed by atoms with Crippen LogP contribution in [-0.2, 0) is 19.1 Å². The van der Waals surface area contributed by atoms with Crippen molar-refractivity contribution in [3.05, 3.63) is 0 Å². The van der Waals surface area contributed by atoms with Crippen LogP contribution in [0.2, 0.25) is 0 Å². The third-order valence-electron chi connectivity index (χ3n) is 1.17. The average Bonchev–Trinajstić information content (AvgIpc) is 2.13. The van der Waals surface area contributed by atoms with Crippen molar-refractivity contribution in [2.75, 3.05) is 19.7 Å². The molecule has 0 spiro atoms. The molecule has 0 aromatic carbocycles. The smallest absolute Gasteiger partial charge is 0.347 e. The Morgan fingerprint density at radius 1 is 1.38 bits per heavy atom. The van der Waals surface area contributed by atoms with Crippen LogP contribution in [0, 0.1) is 0 Å². The molecular formula is C7H14N2O4. The second kappa shape index (κ2) is 6.38. The molecule has 0 radical (unpaired) electrons. The standard InChI is InChI=1S/C7H14N2O4/c1-5(13-6(10)4-9)7(11)12-3-2-8/h5H,2-4,8-9H2,1H3/t5-/m0/s1. The van der Waals surface area contributed by atoms with Gasteiger partial charge in [0.15, 0.2) is 6.10 Å². The molecule has 0 saturated heterocycles. The molecule has 0 amide bonds. The molecule has 0 aliphatic rings. The van der Waals surface area contributed by atoms with E-state index in [9.17, 15) is 9.59 Å². The van der Waals surface area contributed by atoms with E-state index in [2.05, 4.69) is 9.47 Å². The zero-order chi connectivity index (χ0) is 10.3. The van der Waals surface area contributed by atoms with Gasteiger partial charge in [0, 0.05) is 6.54 Å². The molecule has 0 rings (SSSR count). The fraction of sp³-hybridized carbons (Fsp3) is 0.714. The van der Waals surface area contributed by atoms with Crippen LogP contribution in [-0.4, -0.2) is 37.7 Å². The highest BCUT2D eigenvalue weighted by Crippen LogP contribution is 1.94. The van der Waals surface area contributed by atoms with Crippen molar-refractivity contribution in [2.24, 2.45) is 11.5 Å². The summed E-state index contributed by atoms with van der Waals surface area (Å²) in [5, 5.41) is 0. The molecule has 0 saturated carbocycles. The van der Waals surface area contributed by atoms with Gasteiger partial charge in [-0.2, -0.15) is 0 Å². The SMILES string of the molecule is C[C@H](OC(=O)CN)C(=O)OCCN. The molecule has 0 aliphatic heterocycles. The second-order valence-corrected chi connectivity index (χ2v) is 2.29. The molecule has 0 aromatic rings. The summed E-state index contributed by atoms with van der Waals surface area (Å²) in [6.07, 6.45) is -0.928. The van der Waals surface area contributed by atoms with Crippen LogP contribution in [0.25, 0.3) is 0 Å². The average molecular weight is 190 g/mol. The lowest BCUT2D eigenvalue weighted by molar-refractivity contribution is -0.165. The van der Waals surface area contributed by atoms with Crippen LogP contribution in [0.15, 0.2) is 0 Å². The Balaban J connectivity index is 3.75. The molecular weight excluding hydrogens is 176 g/mol. The summed E-state index contributed by atoms with van der Waals surface area (Å²) in [6.45, 7) is 1.51. The van der Waals surface area contributed by atoms with Crippen LogP contribution >= 0.6 is 0 Å². The maximum atomic E-state index is 11.0. The van der Waals surface area contributed by atoms with E-state index in [1.54, 1.807) is 0 Å². The fourth-order valence-electron chi connectivity index (χ4n) is 0.570. The molecule has 0 fully saturated rings. The Hall–Kier alpha value is -1.14. The molecule has 6 heteroatoms. The molecule has 6 nitrogen and oxygen atoms in total. The summed E-state index contributed by atoms with van der Waals surface area (Å²) in [7, 11) is 0. The van der Waals surface area contributed by atoms with Gasteiger partial charge in [-0.05, 0) is 6.92 Å². The maximum Gasteiger partial charge on any atom is 0.347 e. The topological polar surface area (TPSA) is 105 Å². The van der Waals surface area contributed by atoms with Crippen molar-refractivity contribution >= 4 is 11.9 Å². The summed E-state index contributed by atoms with van der Waals surface area (Å²) >= 11 is 0. The first kappa shape index (κ1) is 11.9. The van der Waals surface area contributed by atoms with E-state index in [0.29, 0.717) is 0 Å². The van der Waals surface area contributed by atoms with Crippen molar-refractivity contribution in [2.45, 2.75) is 13.0 Å². The van der Waals surface area contributed by atoms with E-state index in [-0.39, 0.29) is 19.7 Å². The molecule has 0 unspecified atom stereocenters. The Bertz CT molecular complexity index is 183. The number of rotatable bonds is 5. The number of hydrogen-bond acceptors (Lipinski definition) is 6. The number of carbonyl (C=O) groups excluding carboxylic acids is 2. The zero-order valence-electron chi connectivity index (χ0n) is 7.49. The highest BCUT2D eigenvalue weighted by atomic mass is 16.6. The first-order valence-electron chi connectivity index (χ1n) is 3.88. The van der Waals surface area contributed by atoms with Gasteiger partial charge in [0.1, 0.15) is 6.61 Å². The van der Waals surface area contributed by atoms with Gasteiger partial charge in [-0.3, -0.25) is 4.79 Å². The highest BCUT2D eigenvalue weighted by molar-refractivity contribution is 5.79. The number of carbonyl (C=O) groups is 2.